The van der Waals surface area contributed by atoms with Crippen LogP contribution in [0.15, 0.2) is 48.5 Å². The van der Waals surface area contributed by atoms with Crippen molar-refractivity contribution in [3.8, 4) is 0 Å². The zero-order valence-corrected chi connectivity index (χ0v) is 16.7. The minimum absolute atomic E-state index is 0.0238. The molecule has 5 heteroatoms. The third kappa shape index (κ3) is 5.84. The molecule has 2 amide bonds. The smallest absolute Gasteiger partial charge is 0.224 e. The van der Waals surface area contributed by atoms with Crippen LogP contribution in [0.1, 0.15) is 37.8 Å². The van der Waals surface area contributed by atoms with E-state index in [1.54, 1.807) is 0 Å². The summed E-state index contributed by atoms with van der Waals surface area (Å²) in [6.07, 6.45) is 0.885. The van der Waals surface area contributed by atoms with Crippen LogP contribution in [0.2, 0.25) is 0 Å². The van der Waals surface area contributed by atoms with Crippen LogP contribution in [-0.2, 0) is 22.7 Å². The Hall–Kier alpha value is -2.82. The van der Waals surface area contributed by atoms with E-state index in [2.05, 4.69) is 5.32 Å². The molecule has 0 bridgehead atoms. The molecule has 0 radical (unpaired) electrons. The van der Waals surface area contributed by atoms with Gasteiger partial charge in [0.15, 0.2) is 0 Å². The number of anilines is 2. The molecular weight excluding hydrogens is 338 g/mol. The summed E-state index contributed by atoms with van der Waals surface area (Å²) >= 11 is 0. The predicted octanol–water partition coefficient (Wildman–Crippen LogP) is 4.04. The summed E-state index contributed by atoms with van der Waals surface area (Å²) in [6, 6.07) is 15.8. The van der Waals surface area contributed by atoms with Crippen molar-refractivity contribution in [1.29, 1.82) is 0 Å². The first-order valence-corrected chi connectivity index (χ1v) is 9.36. The lowest BCUT2D eigenvalue weighted by atomic mass is 10.1. The number of hydrogen-bond donors (Lipinski definition) is 1. The average molecular weight is 367 g/mol. The SMILES string of the molecule is CCC(=O)Nc1ccc(N(C)C)c(CN(Cc2ccccc2)C(=O)CC)c1. The third-order valence-electron chi connectivity index (χ3n) is 4.40. The van der Waals surface area contributed by atoms with E-state index in [1.807, 2.05) is 86.3 Å². The Morgan fingerprint density at radius 2 is 1.63 bits per heavy atom. The monoisotopic (exact) mass is 367 g/mol. The van der Waals surface area contributed by atoms with Gasteiger partial charge in [0.05, 0.1) is 0 Å². The van der Waals surface area contributed by atoms with Gasteiger partial charge in [-0.05, 0) is 29.3 Å². The molecule has 0 aliphatic carbocycles. The van der Waals surface area contributed by atoms with Crippen molar-refractivity contribution >= 4 is 23.2 Å². The molecule has 0 aliphatic heterocycles. The van der Waals surface area contributed by atoms with Crippen LogP contribution >= 0.6 is 0 Å². The minimum atomic E-state index is -0.0238. The fraction of sp³-hybridized carbons (Fsp3) is 0.364. The molecule has 0 saturated carbocycles. The number of amides is 2. The highest BCUT2D eigenvalue weighted by atomic mass is 16.2. The fourth-order valence-corrected chi connectivity index (χ4v) is 2.94. The summed E-state index contributed by atoms with van der Waals surface area (Å²) in [7, 11) is 3.96. The maximum atomic E-state index is 12.6. The van der Waals surface area contributed by atoms with E-state index in [0.29, 0.717) is 25.9 Å². The lowest BCUT2D eigenvalue weighted by molar-refractivity contribution is -0.132. The third-order valence-corrected chi connectivity index (χ3v) is 4.40. The molecule has 0 fully saturated rings. The van der Waals surface area contributed by atoms with E-state index < -0.39 is 0 Å². The Morgan fingerprint density at radius 1 is 0.926 bits per heavy atom. The Bertz CT molecular complexity index is 772. The van der Waals surface area contributed by atoms with Crippen molar-refractivity contribution in [2.75, 3.05) is 24.3 Å². The molecule has 1 N–H and O–H groups in total. The number of nitrogens with zero attached hydrogens (tertiary/aromatic N) is 2. The van der Waals surface area contributed by atoms with Gasteiger partial charge in [0.25, 0.3) is 0 Å². The van der Waals surface area contributed by atoms with Crippen molar-refractivity contribution in [2.24, 2.45) is 0 Å². The highest BCUT2D eigenvalue weighted by Crippen LogP contribution is 2.25. The number of carbonyl (C=O) groups excluding carboxylic acids is 2. The number of carbonyl (C=O) groups is 2. The van der Waals surface area contributed by atoms with E-state index in [0.717, 1.165) is 22.5 Å². The highest BCUT2D eigenvalue weighted by molar-refractivity contribution is 5.91. The molecule has 5 nitrogen and oxygen atoms in total. The normalized spacial score (nSPS) is 10.4. The minimum Gasteiger partial charge on any atom is -0.377 e. The van der Waals surface area contributed by atoms with Crippen LogP contribution in [0.5, 0.6) is 0 Å². The molecule has 0 saturated heterocycles. The summed E-state index contributed by atoms with van der Waals surface area (Å²) in [5.74, 6) is 0.0795. The molecule has 2 aromatic rings. The maximum Gasteiger partial charge on any atom is 0.224 e. The van der Waals surface area contributed by atoms with Crippen LogP contribution in [0.3, 0.4) is 0 Å². The van der Waals surface area contributed by atoms with E-state index >= 15 is 0 Å². The van der Waals surface area contributed by atoms with Crippen LogP contribution in [0.4, 0.5) is 11.4 Å². The van der Waals surface area contributed by atoms with Gasteiger partial charge >= 0.3 is 0 Å². The predicted molar refractivity (Wildman–Crippen MR) is 111 cm³/mol. The van der Waals surface area contributed by atoms with Crippen molar-refractivity contribution in [1.82, 2.24) is 4.90 Å². The van der Waals surface area contributed by atoms with Gasteiger partial charge in [-0.1, -0.05) is 44.2 Å². The number of rotatable bonds is 8. The summed E-state index contributed by atoms with van der Waals surface area (Å²) in [6.45, 7) is 4.76. The van der Waals surface area contributed by atoms with Gasteiger partial charge in [-0.25, -0.2) is 0 Å². The Kier molecular flexibility index (Phi) is 7.41. The lowest BCUT2D eigenvalue weighted by Gasteiger charge is -2.26. The van der Waals surface area contributed by atoms with Crippen LogP contribution in [0, 0.1) is 0 Å². The topological polar surface area (TPSA) is 52.7 Å². The largest absolute Gasteiger partial charge is 0.377 e. The van der Waals surface area contributed by atoms with Gasteiger partial charge < -0.3 is 15.1 Å². The summed E-state index contributed by atoms with van der Waals surface area (Å²) in [5, 5.41) is 2.90. The standard InChI is InChI=1S/C22H29N3O2/c1-5-21(26)23-19-12-13-20(24(3)4)18(14-19)16-25(22(27)6-2)15-17-10-8-7-9-11-17/h7-14H,5-6,15-16H2,1-4H3,(H,23,26). The highest BCUT2D eigenvalue weighted by Gasteiger charge is 2.16. The number of hydrogen-bond acceptors (Lipinski definition) is 3. The molecule has 27 heavy (non-hydrogen) atoms. The number of benzene rings is 2. The first-order valence-electron chi connectivity index (χ1n) is 9.36. The second-order valence-electron chi connectivity index (χ2n) is 6.73. The van der Waals surface area contributed by atoms with E-state index in [4.69, 9.17) is 0 Å². The van der Waals surface area contributed by atoms with Crippen LogP contribution in [-0.4, -0.2) is 30.8 Å². The molecule has 144 valence electrons. The van der Waals surface area contributed by atoms with Crippen LogP contribution < -0.4 is 10.2 Å². The Morgan fingerprint density at radius 3 is 2.22 bits per heavy atom. The molecule has 0 aliphatic rings. The first kappa shape index (κ1) is 20.5. The summed E-state index contributed by atoms with van der Waals surface area (Å²) in [4.78, 5) is 28.2. The molecule has 0 unspecified atom stereocenters. The van der Waals surface area contributed by atoms with Gasteiger partial charge in [-0.15, -0.1) is 0 Å². The molecule has 2 rings (SSSR count). The van der Waals surface area contributed by atoms with Crippen molar-refractivity contribution in [3.63, 3.8) is 0 Å². The average Bonchev–Trinajstić information content (AvgIpc) is 2.67. The Balaban J connectivity index is 2.32. The van der Waals surface area contributed by atoms with Crippen molar-refractivity contribution < 1.29 is 9.59 Å². The Labute approximate surface area is 162 Å². The first-order chi connectivity index (χ1) is 12.9. The van der Waals surface area contributed by atoms with E-state index in [1.165, 1.54) is 0 Å². The van der Waals surface area contributed by atoms with Gasteiger partial charge in [-0.3, -0.25) is 9.59 Å². The van der Waals surface area contributed by atoms with Gasteiger partial charge in [0.1, 0.15) is 0 Å². The fourth-order valence-electron chi connectivity index (χ4n) is 2.94. The lowest BCUT2D eigenvalue weighted by Crippen LogP contribution is -2.30. The quantitative estimate of drug-likeness (QED) is 0.766. The second kappa shape index (κ2) is 9.76. The van der Waals surface area contributed by atoms with Crippen LogP contribution in [0.25, 0.3) is 0 Å². The summed E-state index contributed by atoms with van der Waals surface area (Å²) in [5.41, 5.74) is 3.89. The van der Waals surface area contributed by atoms with Gasteiger partial charge in [-0.2, -0.15) is 0 Å². The van der Waals surface area contributed by atoms with Crippen molar-refractivity contribution in [3.05, 3.63) is 59.7 Å². The van der Waals surface area contributed by atoms with Gasteiger partial charge in [0.2, 0.25) is 11.8 Å². The summed E-state index contributed by atoms with van der Waals surface area (Å²) < 4.78 is 0. The van der Waals surface area contributed by atoms with E-state index in [-0.39, 0.29) is 11.8 Å². The maximum absolute atomic E-state index is 12.6. The zero-order chi connectivity index (χ0) is 19.8. The molecule has 0 spiro atoms. The van der Waals surface area contributed by atoms with E-state index in [9.17, 15) is 9.59 Å². The molecule has 0 atom stereocenters. The second-order valence-corrected chi connectivity index (χ2v) is 6.73. The zero-order valence-electron chi connectivity index (χ0n) is 16.7. The molecule has 2 aromatic carbocycles. The van der Waals surface area contributed by atoms with Crippen molar-refractivity contribution in [2.45, 2.75) is 39.8 Å². The molecule has 0 aromatic heterocycles. The number of nitrogens with one attached hydrogen (secondary N) is 1. The molecule has 0 heterocycles. The van der Waals surface area contributed by atoms with Gasteiger partial charge in [0, 0.05) is 51.4 Å². The molecular formula is C22H29N3O2.